The predicted molar refractivity (Wildman–Crippen MR) is 105 cm³/mol. The van der Waals surface area contributed by atoms with E-state index in [0.717, 1.165) is 62.8 Å². The fraction of sp³-hybridized carbons (Fsp3) is 0.913. The second-order valence-corrected chi connectivity index (χ2v) is 11.0. The zero-order chi connectivity index (χ0) is 18.5. The summed E-state index contributed by atoms with van der Waals surface area (Å²) >= 11 is 0. The summed E-state index contributed by atoms with van der Waals surface area (Å²) in [6.45, 7) is 0.862. The summed E-state index contributed by atoms with van der Waals surface area (Å²) in [4.78, 5) is 25.9. The summed E-state index contributed by atoms with van der Waals surface area (Å²) in [6, 6.07) is 0.383. The monoisotopic (exact) mass is 372 g/mol. The van der Waals surface area contributed by atoms with Crippen LogP contribution in [0.3, 0.4) is 0 Å². The number of nitrogens with one attached hydrogen (secondary N) is 2. The minimum absolute atomic E-state index is 0.101. The highest BCUT2D eigenvalue weighted by atomic mass is 16.2. The maximum Gasteiger partial charge on any atom is 0.226 e. The number of rotatable bonds is 6. The molecule has 0 aromatic rings. The van der Waals surface area contributed by atoms with Crippen LogP contribution >= 0.6 is 0 Å². The van der Waals surface area contributed by atoms with Crippen molar-refractivity contribution in [1.29, 1.82) is 0 Å². The summed E-state index contributed by atoms with van der Waals surface area (Å²) in [6.07, 6.45) is 16.1. The maximum atomic E-state index is 13.4. The Morgan fingerprint density at radius 3 is 2.00 bits per heavy atom. The first-order chi connectivity index (χ1) is 13.0. The molecule has 27 heavy (non-hydrogen) atoms. The SMILES string of the molecule is O=C(CC1(C(=O)NCC23CC4CC(CC(C4)C2)C3)CCCCC1)NC1CC1. The molecule has 150 valence electrons. The van der Waals surface area contributed by atoms with Gasteiger partial charge in [-0.25, -0.2) is 0 Å². The van der Waals surface area contributed by atoms with Crippen LogP contribution in [0.1, 0.15) is 89.9 Å². The second-order valence-electron chi connectivity index (χ2n) is 11.0. The van der Waals surface area contributed by atoms with E-state index in [9.17, 15) is 9.59 Å². The van der Waals surface area contributed by atoms with E-state index in [1.54, 1.807) is 0 Å². The molecule has 0 radical (unpaired) electrons. The molecule has 0 unspecified atom stereocenters. The van der Waals surface area contributed by atoms with Gasteiger partial charge in [-0.15, -0.1) is 0 Å². The Labute approximate surface area is 163 Å². The van der Waals surface area contributed by atoms with Crippen LogP contribution in [0.2, 0.25) is 0 Å². The normalized spacial score (nSPS) is 39.2. The van der Waals surface area contributed by atoms with E-state index in [4.69, 9.17) is 0 Å². The van der Waals surface area contributed by atoms with Gasteiger partial charge in [-0.2, -0.15) is 0 Å². The molecule has 0 heterocycles. The van der Waals surface area contributed by atoms with Crippen LogP contribution in [0, 0.1) is 28.6 Å². The van der Waals surface area contributed by atoms with E-state index < -0.39 is 5.41 Å². The minimum atomic E-state index is -0.445. The van der Waals surface area contributed by atoms with E-state index in [0.29, 0.717) is 17.9 Å². The topological polar surface area (TPSA) is 58.2 Å². The smallest absolute Gasteiger partial charge is 0.226 e. The minimum Gasteiger partial charge on any atom is -0.355 e. The largest absolute Gasteiger partial charge is 0.355 e. The summed E-state index contributed by atoms with van der Waals surface area (Å²) in [5, 5.41) is 6.52. The lowest BCUT2D eigenvalue weighted by Gasteiger charge is -2.57. The summed E-state index contributed by atoms with van der Waals surface area (Å²) in [7, 11) is 0. The first kappa shape index (κ1) is 18.0. The summed E-state index contributed by atoms with van der Waals surface area (Å²) in [5.74, 6) is 3.04. The third-order valence-corrected chi connectivity index (χ3v) is 8.52. The lowest BCUT2D eigenvalue weighted by Crippen LogP contribution is -2.53. The molecule has 0 aromatic carbocycles. The molecule has 6 saturated carbocycles. The van der Waals surface area contributed by atoms with Gasteiger partial charge in [0.25, 0.3) is 0 Å². The van der Waals surface area contributed by atoms with Crippen LogP contribution in [0.25, 0.3) is 0 Å². The lowest BCUT2D eigenvalue weighted by molar-refractivity contribution is -0.140. The van der Waals surface area contributed by atoms with Gasteiger partial charge in [0.05, 0.1) is 5.41 Å². The molecule has 6 fully saturated rings. The van der Waals surface area contributed by atoms with E-state index in [1.807, 2.05) is 0 Å². The summed E-state index contributed by atoms with van der Waals surface area (Å²) in [5.41, 5.74) is -0.0734. The Kier molecular flexibility index (Phi) is 4.52. The third kappa shape index (κ3) is 3.65. The molecule has 2 amide bonds. The van der Waals surface area contributed by atoms with E-state index in [-0.39, 0.29) is 11.8 Å². The second kappa shape index (κ2) is 6.77. The maximum absolute atomic E-state index is 13.4. The first-order valence-electron chi connectivity index (χ1n) is 11.6. The molecule has 2 N–H and O–H groups in total. The van der Waals surface area contributed by atoms with Gasteiger partial charge in [0, 0.05) is 19.0 Å². The molecule has 0 aromatic heterocycles. The van der Waals surface area contributed by atoms with Crippen LogP contribution in [-0.4, -0.2) is 24.4 Å². The Morgan fingerprint density at radius 1 is 0.852 bits per heavy atom. The van der Waals surface area contributed by atoms with Crippen LogP contribution in [0.15, 0.2) is 0 Å². The van der Waals surface area contributed by atoms with Crippen LogP contribution in [0.4, 0.5) is 0 Å². The van der Waals surface area contributed by atoms with Gasteiger partial charge >= 0.3 is 0 Å². The van der Waals surface area contributed by atoms with Crippen LogP contribution in [-0.2, 0) is 9.59 Å². The van der Waals surface area contributed by atoms with Gasteiger partial charge in [-0.3, -0.25) is 9.59 Å². The Hall–Kier alpha value is -1.06. The van der Waals surface area contributed by atoms with Crippen molar-refractivity contribution in [3.05, 3.63) is 0 Å². The van der Waals surface area contributed by atoms with Crippen molar-refractivity contribution in [3.8, 4) is 0 Å². The van der Waals surface area contributed by atoms with Crippen molar-refractivity contribution in [1.82, 2.24) is 10.6 Å². The predicted octanol–water partition coefficient (Wildman–Crippen LogP) is 3.94. The molecular formula is C23H36N2O2. The number of amides is 2. The number of hydrogen-bond donors (Lipinski definition) is 2. The molecule has 6 aliphatic rings. The molecule has 0 atom stereocenters. The standard InChI is InChI=1S/C23H36N2O2/c26-20(25-19-4-5-19)14-23(6-2-1-3-7-23)21(27)24-15-22-11-16-8-17(12-22)10-18(9-16)13-22/h16-19H,1-15H2,(H,24,27)(H,25,26). The van der Waals surface area contributed by atoms with E-state index in [2.05, 4.69) is 10.6 Å². The Morgan fingerprint density at radius 2 is 1.44 bits per heavy atom. The average Bonchev–Trinajstić information content (AvgIpc) is 3.43. The van der Waals surface area contributed by atoms with Crippen molar-refractivity contribution in [3.63, 3.8) is 0 Å². The lowest BCUT2D eigenvalue weighted by atomic mass is 9.49. The molecule has 4 heteroatoms. The zero-order valence-electron chi connectivity index (χ0n) is 16.7. The Bertz CT molecular complexity index is 568. The van der Waals surface area contributed by atoms with Crippen molar-refractivity contribution >= 4 is 11.8 Å². The van der Waals surface area contributed by atoms with Gasteiger partial charge in [0.2, 0.25) is 11.8 Å². The Balaban J connectivity index is 1.24. The van der Waals surface area contributed by atoms with Gasteiger partial charge in [0.15, 0.2) is 0 Å². The molecule has 4 bridgehead atoms. The highest BCUT2D eigenvalue weighted by molar-refractivity contribution is 5.89. The first-order valence-corrected chi connectivity index (χ1v) is 11.6. The average molecular weight is 373 g/mol. The van der Waals surface area contributed by atoms with Crippen molar-refractivity contribution in [2.45, 2.75) is 95.9 Å². The number of carbonyl (C=O) groups excluding carboxylic acids is 2. The molecule has 0 saturated heterocycles. The molecule has 4 nitrogen and oxygen atoms in total. The number of carbonyl (C=O) groups is 2. The summed E-state index contributed by atoms with van der Waals surface area (Å²) < 4.78 is 0. The van der Waals surface area contributed by atoms with Gasteiger partial charge < -0.3 is 10.6 Å². The highest BCUT2D eigenvalue weighted by Gasteiger charge is 2.51. The van der Waals surface area contributed by atoms with E-state index >= 15 is 0 Å². The van der Waals surface area contributed by atoms with Gasteiger partial charge in [-0.05, 0) is 87.4 Å². The van der Waals surface area contributed by atoms with Crippen molar-refractivity contribution in [2.24, 2.45) is 28.6 Å². The molecule has 0 spiro atoms. The molecular weight excluding hydrogens is 336 g/mol. The third-order valence-electron chi connectivity index (χ3n) is 8.52. The van der Waals surface area contributed by atoms with Gasteiger partial charge in [0.1, 0.15) is 0 Å². The van der Waals surface area contributed by atoms with Gasteiger partial charge in [-0.1, -0.05) is 19.3 Å². The van der Waals surface area contributed by atoms with Crippen molar-refractivity contribution in [2.75, 3.05) is 6.54 Å². The fourth-order valence-corrected chi connectivity index (χ4v) is 7.49. The van der Waals surface area contributed by atoms with Crippen molar-refractivity contribution < 1.29 is 9.59 Å². The molecule has 0 aliphatic heterocycles. The zero-order valence-corrected chi connectivity index (χ0v) is 16.7. The molecule has 6 rings (SSSR count). The highest BCUT2D eigenvalue weighted by Crippen LogP contribution is 2.59. The van der Waals surface area contributed by atoms with E-state index in [1.165, 1.54) is 44.9 Å². The van der Waals surface area contributed by atoms with Crippen LogP contribution in [0.5, 0.6) is 0 Å². The quantitative estimate of drug-likeness (QED) is 0.742. The van der Waals surface area contributed by atoms with Crippen LogP contribution < -0.4 is 10.6 Å². The number of hydrogen-bond acceptors (Lipinski definition) is 2. The fourth-order valence-electron chi connectivity index (χ4n) is 7.49. The molecule has 6 aliphatic carbocycles.